The number of nitrogens with one attached hydrogen (secondary N) is 2. The van der Waals surface area contributed by atoms with Crippen LogP contribution in [0.1, 0.15) is 0 Å². The third kappa shape index (κ3) is 10.1. The van der Waals surface area contributed by atoms with E-state index in [0.717, 1.165) is 12.1 Å². The lowest BCUT2D eigenvalue weighted by Gasteiger charge is -2.23. The molecular weight excluding hydrogens is 715 g/mol. The zero-order chi connectivity index (χ0) is 36.1. The van der Waals surface area contributed by atoms with Crippen molar-refractivity contribution in [2.75, 3.05) is 59.9 Å². The van der Waals surface area contributed by atoms with E-state index in [1.54, 1.807) is 0 Å². The van der Waals surface area contributed by atoms with Gasteiger partial charge in [0.05, 0.1) is 50.7 Å². The number of fused-ring (bicyclic) bond motifs is 1. The van der Waals surface area contributed by atoms with Crippen molar-refractivity contribution < 1.29 is 56.3 Å². The Morgan fingerprint density at radius 3 is 2.06 bits per heavy atom. The fourth-order valence-corrected chi connectivity index (χ4v) is 5.91. The minimum Gasteiger partial charge on any atom is -0.507 e. The predicted octanol–water partition coefficient (Wildman–Crippen LogP) is 5.06. The molecule has 49 heavy (non-hydrogen) atoms. The molecule has 3 aromatic carbocycles. The number of azo groups is 1. The Balaban J connectivity index is 1.72. The maximum atomic E-state index is 10.6. The van der Waals surface area contributed by atoms with Crippen LogP contribution in [0, 0.1) is 0 Å². The highest BCUT2D eigenvalue weighted by atomic mass is 32.3. The number of aromatic hydroxyl groups is 1. The summed E-state index contributed by atoms with van der Waals surface area (Å²) in [5.41, 5.74) is 5.81. The standard InChI is InChI=1S/C25H35N9O12S3/c26-17-3-1-14-11-16(48(41,42)43)13-19(37)21(14)22(17)33-32-18-4-2-15(12-20(18)49(44,45)46)28-24-29-23(27-5-10-47(38,39)40)30-25(31-24)34(6-8-35)7-9-36/h1-4,11-13,35-46H,5-10,26H2,(H2,27,28,29,30,31). The molecule has 1 heterocycles. The Morgan fingerprint density at radius 1 is 0.776 bits per heavy atom. The van der Waals surface area contributed by atoms with Gasteiger partial charge in [0.1, 0.15) is 38.9 Å². The van der Waals surface area contributed by atoms with Crippen LogP contribution in [0.25, 0.3) is 10.8 Å². The number of benzene rings is 3. The molecule has 0 radical (unpaired) electrons. The van der Waals surface area contributed by atoms with E-state index < -0.39 is 49.0 Å². The fourth-order valence-electron chi connectivity index (χ4n) is 4.30. The predicted molar refractivity (Wildman–Crippen MR) is 186 cm³/mol. The summed E-state index contributed by atoms with van der Waals surface area (Å²) < 4.78 is 87.4. The summed E-state index contributed by atoms with van der Waals surface area (Å²) in [6, 6.07) is 8.62. The molecule has 0 amide bonds. The number of aliphatic hydroxyl groups is 2. The molecule has 0 aliphatic carbocycles. The first kappa shape index (κ1) is 38.0. The van der Waals surface area contributed by atoms with Crippen LogP contribution in [0.5, 0.6) is 5.75 Å². The Kier molecular flexibility index (Phi) is 11.9. The van der Waals surface area contributed by atoms with E-state index in [0.29, 0.717) is 0 Å². The highest BCUT2D eigenvalue weighted by molar-refractivity contribution is 8.20. The molecule has 16 N–H and O–H groups in total. The van der Waals surface area contributed by atoms with Crippen LogP contribution in [-0.4, -0.2) is 110 Å². The van der Waals surface area contributed by atoms with Crippen LogP contribution in [0.2, 0.25) is 0 Å². The zero-order valence-corrected chi connectivity index (χ0v) is 27.6. The molecule has 0 unspecified atom stereocenters. The molecule has 0 fully saturated rings. The first-order valence-corrected chi connectivity index (χ1v) is 18.4. The summed E-state index contributed by atoms with van der Waals surface area (Å²) in [4.78, 5) is 13.2. The third-order valence-electron chi connectivity index (χ3n) is 6.46. The smallest absolute Gasteiger partial charge is 0.233 e. The van der Waals surface area contributed by atoms with Gasteiger partial charge in [-0.2, -0.15) is 15.0 Å². The third-order valence-corrected chi connectivity index (χ3v) is 9.00. The van der Waals surface area contributed by atoms with E-state index in [2.05, 4.69) is 35.8 Å². The van der Waals surface area contributed by atoms with Gasteiger partial charge in [-0.1, -0.05) is 6.07 Å². The topological polar surface area (TPSA) is 359 Å². The Morgan fingerprint density at radius 2 is 1.45 bits per heavy atom. The molecule has 4 aromatic rings. The van der Waals surface area contributed by atoms with Gasteiger partial charge in [0, 0.05) is 25.3 Å². The van der Waals surface area contributed by atoms with E-state index in [1.165, 1.54) is 35.2 Å². The van der Waals surface area contributed by atoms with Crippen LogP contribution in [0.15, 0.2) is 62.5 Å². The van der Waals surface area contributed by atoms with Crippen molar-refractivity contribution in [3.63, 3.8) is 0 Å². The van der Waals surface area contributed by atoms with Crippen molar-refractivity contribution in [1.82, 2.24) is 15.0 Å². The van der Waals surface area contributed by atoms with Crippen molar-refractivity contribution in [3.05, 3.63) is 42.5 Å². The molecule has 0 saturated carbocycles. The molecule has 0 spiro atoms. The van der Waals surface area contributed by atoms with Gasteiger partial charge in [0.2, 0.25) is 17.8 Å². The number of nitrogens with two attached hydrogens (primary N) is 1. The van der Waals surface area contributed by atoms with Crippen molar-refractivity contribution >= 4 is 84.0 Å². The zero-order valence-electron chi connectivity index (χ0n) is 25.1. The number of hydrogen-bond donors (Lipinski definition) is 15. The fraction of sp³-hybridized carbons (Fsp3) is 0.240. The van der Waals surface area contributed by atoms with Crippen LogP contribution in [-0.2, 0) is 0 Å². The van der Waals surface area contributed by atoms with Gasteiger partial charge >= 0.3 is 0 Å². The van der Waals surface area contributed by atoms with Crippen molar-refractivity contribution in [2.24, 2.45) is 10.2 Å². The molecule has 0 bridgehead atoms. The first-order chi connectivity index (χ1) is 22.9. The lowest BCUT2D eigenvalue weighted by molar-refractivity contribution is 0.280. The van der Waals surface area contributed by atoms with Gasteiger partial charge in [-0.15, -0.1) is 10.2 Å². The summed E-state index contributed by atoms with van der Waals surface area (Å²) in [5, 5.41) is 43.3. The normalized spacial score (nSPS) is 13.5. The number of anilines is 5. The first-order valence-electron chi connectivity index (χ1n) is 13.7. The van der Waals surface area contributed by atoms with Gasteiger partial charge in [-0.3, -0.25) is 0 Å². The van der Waals surface area contributed by atoms with Crippen molar-refractivity contribution in [2.45, 2.75) is 9.79 Å². The molecule has 270 valence electrons. The average molecular weight is 750 g/mol. The minimum absolute atomic E-state index is 0.0147. The van der Waals surface area contributed by atoms with Gasteiger partial charge < -0.3 is 77.6 Å². The van der Waals surface area contributed by atoms with Gasteiger partial charge in [0.25, 0.3) is 0 Å². The molecule has 0 saturated heterocycles. The van der Waals surface area contributed by atoms with E-state index in [1.807, 2.05) is 0 Å². The highest BCUT2D eigenvalue weighted by Gasteiger charge is 2.24. The number of aliphatic hydroxyl groups excluding tert-OH is 2. The Labute approximate surface area is 282 Å². The van der Waals surface area contributed by atoms with Crippen molar-refractivity contribution in [3.8, 4) is 5.75 Å². The van der Waals surface area contributed by atoms with Crippen LogP contribution >= 0.6 is 32.6 Å². The molecule has 1 aromatic heterocycles. The lowest BCUT2D eigenvalue weighted by Crippen LogP contribution is -2.32. The average Bonchev–Trinajstić information content (AvgIpc) is 2.99. The van der Waals surface area contributed by atoms with E-state index in [4.69, 9.17) is 5.73 Å². The maximum absolute atomic E-state index is 10.6. The second-order valence-electron chi connectivity index (χ2n) is 10.1. The van der Waals surface area contributed by atoms with Crippen LogP contribution in [0.3, 0.4) is 0 Å². The largest absolute Gasteiger partial charge is 0.507 e. The Bertz CT molecular complexity index is 1820. The van der Waals surface area contributed by atoms with Crippen LogP contribution < -0.4 is 21.3 Å². The molecular formula is C25H35N9O12S3. The quantitative estimate of drug-likeness (QED) is 0.0557. The number of hydrogen-bond acceptors (Lipinski definition) is 21. The number of nitrogens with zero attached hydrogens (tertiary/aromatic N) is 6. The summed E-state index contributed by atoms with van der Waals surface area (Å²) in [5.74, 6) is -1.27. The lowest BCUT2D eigenvalue weighted by atomic mass is 10.1. The Hall–Kier alpha value is -3.86. The maximum Gasteiger partial charge on any atom is 0.233 e. The van der Waals surface area contributed by atoms with E-state index in [-0.39, 0.29) is 89.1 Å². The second kappa shape index (κ2) is 15.4. The number of aromatic nitrogens is 3. The number of phenols is 1. The monoisotopic (exact) mass is 749 g/mol. The van der Waals surface area contributed by atoms with Gasteiger partial charge in [0.15, 0.2) is 0 Å². The minimum atomic E-state index is -4.46. The number of nitrogen functional groups attached to an aromatic ring is 1. The second-order valence-corrected chi connectivity index (χ2v) is 14.7. The molecule has 24 heteroatoms. The molecule has 0 aliphatic heterocycles. The van der Waals surface area contributed by atoms with Gasteiger partial charge in [-0.05, 0) is 41.8 Å². The summed E-state index contributed by atoms with van der Waals surface area (Å²) in [6.07, 6.45) is 0. The summed E-state index contributed by atoms with van der Waals surface area (Å²) >= 11 is 0. The number of rotatable bonds is 15. The molecule has 4 rings (SSSR count). The SMILES string of the molecule is Nc1ccc2cc(S(O)(O)O)cc(O)c2c1N=Nc1ccc(Nc2nc(NCCS(O)(O)O)nc(N(CCO)CCO)n2)cc1S(O)(O)O. The van der Waals surface area contributed by atoms with Gasteiger partial charge in [-0.25, -0.2) is 0 Å². The van der Waals surface area contributed by atoms with E-state index >= 15 is 0 Å². The number of phenolic OH excluding ortho intramolecular Hbond substituents is 1. The summed E-state index contributed by atoms with van der Waals surface area (Å²) in [6.45, 7) is -0.790. The van der Waals surface area contributed by atoms with Crippen LogP contribution in [0.4, 0.5) is 40.6 Å². The molecule has 0 aliphatic rings. The molecule has 0 atom stereocenters. The van der Waals surface area contributed by atoms with E-state index in [9.17, 15) is 56.3 Å². The van der Waals surface area contributed by atoms with Crippen molar-refractivity contribution in [1.29, 1.82) is 0 Å². The highest BCUT2D eigenvalue weighted by Crippen LogP contribution is 2.51. The summed E-state index contributed by atoms with van der Waals surface area (Å²) in [7, 11) is -12.4. The molecule has 21 nitrogen and oxygen atoms in total.